The highest BCUT2D eigenvalue weighted by molar-refractivity contribution is 7.60. The average molecular weight is 431 g/mol. The molecular weight excluding hydrogens is 405 g/mol. The molecule has 0 aliphatic heterocycles. The van der Waals surface area contributed by atoms with Crippen molar-refractivity contribution in [1.29, 1.82) is 0 Å². The van der Waals surface area contributed by atoms with Gasteiger partial charge in [-0.05, 0) is 38.8 Å². The summed E-state index contributed by atoms with van der Waals surface area (Å²) in [6.45, 7) is 5.33. The molecule has 0 spiro atoms. The standard InChI is InChI=1S/C18H26NO9P/c1-4-25-17(20)16(29(24,6-3)27-5-2)8-7-13-26-18(21)28-15-11-9-14(10-12-15)19(22)23/h9-12,16H,4-8,13H2,1-3H3. The second kappa shape index (κ2) is 12.2. The van der Waals surface area contributed by atoms with Crippen molar-refractivity contribution >= 4 is 25.2 Å². The number of ether oxygens (including phenoxy) is 3. The number of nitro benzene ring substituents is 1. The van der Waals surface area contributed by atoms with Crippen LogP contribution < -0.4 is 4.74 Å². The minimum atomic E-state index is -3.23. The normalized spacial score (nSPS) is 13.8. The number of carbonyl (C=O) groups excluding carboxylic acids is 2. The van der Waals surface area contributed by atoms with Gasteiger partial charge in [-0.3, -0.25) is 19.5 Å². The van der Waals surface area contributed by atoms with Gasteiger partial charge in [-0.1, -0.05) is 6.92 Å². The number of hydrogen-bond donors (Lipinski definition) is 0. The molecule has 0 aliphatic carbocycles. The van der Waals surface area contributed by atoms with Gasteiger partial charge in [0.2, 0.25) is 7.37 Å². The second-order valence-electron chi connectivity index (χ2n) is 5.82. The molecule has 29 heavy (non-hydrogen) atoms. The van der Waals surface area contributed by atoms with E-state index in [1.165, 1.54) is 24.3 Å². The smallest absolute Gasteiger partial charge is 0.465 e. The van der Waals surface area contributed by atoms with Gasteiger partial charge >= 0.3 is 12.1 Å². The summed E-state index contributed by atoms with van der Waals surface area (Å²) in [5.74, 6) is -0.503. The predicted octanol–water partition coefficient (Wildman–Crippen LogP) is 4.16. The maximum atomic E-state index is 12.9. The minimum absolute atomic E-state index is 0.0719. The summed E-state index contributed by atoms with van der Waals surface area (Å²) in [6, 6.07) is 4.94. The number of hydrogen-bond acceptors (Lipinski definition) is 9. The topological polar surface area (TPSA) is 131 Å². The van der Waals surface area contributed by atoms with Crippen LogP contribution in [0.5, 0.6) is 5.75 Å². The van der Waals surface area contributed by atoms with Gasteiger partial charge in [0.15, 0.2) is 0 Å². The van der Waals surface area contributed by atoms with Crippen LogP contribution in [0.4, 0.5) is 10.5 Å². The third-order valence-corrected chi connectivity index (χ3v) is 6.91. The van der Waals surface area contributed by atoms with E-state index in [-0.39, 0.29) is 50.3 Å². The molecule has 11 heteroatoms. The van der Waals surface area contributed by atoms with Gasteiger partial charge in [0.05, 0.1) is 24.7 Å². The first-order valence-electron chi connectivity index (χ1n) is 9.26. The Hall–Kier alpha value is -2.45. The maximum absolute atomic E-state index is 12.9. The Balaban J connectivity index is 2.57. The van der Waals surface area contributed by atoms with Gasteiger partial charge in [0.25, 0.3) is 5.69 Å². The molecule has 0 radical (unpaired) electrons. The van der Waals surface area contributed by atoms with Gasteiger partial charge in [0.1, 0.15) is 11.4 Å². The Morgan fingerprint density at radius 3 is 2.28 bits per heavy atom. The quantitative estimate of drug-likeness (QED) is 0.119. The summed E-state index contributed by atoms with van der Waals surface area (Å²) in [6.07, 6.45) is -0.395. The molecule has 2 unspecified atom stereocenters. The van der Waals surface area contributed by atoms with Gasteiger partial charge in [-0.15, -0.1) is 0 Å². The molecule has 0 N–H and O–H groups in total. The fourth-order valence-electron chi connectivity index (χ4n) is 2.53. The summed E-state index contributed by atoms with van der Waals surface area (Å²) in [7, 11) is -3.23. The zero-order valence-corrected chi connectivity index (χ0v) is 17.6. The molecule has 0 fully saturated rings. The largest absolute Gasteiger partial charge is 0.513 e. The lowest BCUT2D eigenvalue weighted by molar-refractivity contribution is -0.384. The van der Waals surface area contributed by atoms with Gasteiger partial charge in [-0.25, -0.2) is 4.79 Å². The lowest BCUT2D eigenvalue weighted by Gasteiger charge is -2.24. The van der Waals surface area contributed by atoms with E-state index < -0.39 is 30.1 Å². The summed E-state index contributed by atoms with van der Waals surface area (Å²) < 4.78 is 33.2. The highest BCUT2D eigenvalue weighted by atomic mass is 31.2. The van der Waals surface area contributed by atoms with Crippen LogP contribution in [-0.2, 0) is 23.4 Å². The minimum Gasteiger partial charge on any atom is -0.465 e. The molecule has 0 aromatic heterocycles. The number of carbonyl (C=O) groups is 2. The van der Waals surface area contributed by atoms with Crippen molar-refractivity contribution in [3.63, 3.8) is 0 Å². The van der Waals surface area contributed by atoms with E-state index in [2.05, 4.69) is 0 Å². The third kappa shape index (κ3) is 7.83. The van der Waals surface area contributed by atoms with Crippen molar-refractivity contribution in [2.45, 2.75) is 39.3 Å². The Morgan fingerprint density at radius 2 is 1.76 bits per heavy atom. The molecule has 0 aliphatic rings. The zero-order valence-electron chi connectivity index (χ0n) is 16.7. The van der Waals surface area contributed by atoms with Crippen LogP contribution in [0.2, 0.25) is 0 Å². The van der Waals surface area contributed by atoms with Crippen molar-refractivity contribution < 1.29 is 37.8 Å². The van der Waals surface area contributed by atoms with Gasteiger partial charge in [-0.2, -0.15) is 0 Å². The Labute approximate surface area is 169 Å². The number of esters is 1. The van der Waals surface area contributed by atoms with E-state index in [0.29, 0.717) is 0 Å². The molecule has 0 saturated carbocycles. The van der Waals surface area contributed by atoms with Crippen LogP contribution in [0.1, 0.15) is 33.6 Å². The van der Waals surface area contributed by atoms with Crippen LogP contribution >= 0.6 is 7.37 Å². The number of nitrogens with zero attached hydrogens (tertiary/aromatic N) is 1. The van der Waals surface area contributed by atoms with Crippen LogP contribution in [0, 0.1) is 10.1 Å². The second-order valence-corrected chi connectivity index (χ2v) is 8.79. The number of nitro groups is 1. The molecular formula is C18H26NO9P. The summed E-state index contributed by atoms with van der Waals surface area (Å²) in [5.41, 5.74) is -1.06. The predicted molar refractivity (Wildman–Crippen MR) is 105 cm³/mol. The molecule has 0 saturated heterocycles. The molecule has 0 heterocycles. The maximum Gasteiger partial charge on any atom is 0.513 e. The molecule has 1 aromatic carbocycles. The highest BCUT2D eigenvalue weighted by Gasteiger charge is 2.38. The van der Waals surface area contributed by atoms with E-state index in [4.69, 9.17) is 18.7 Å². The summed E-state index contributed by atoms with van der Waals surface area (Å²) in [4.78, 5) is 34.0. The van der Waals surface area contributed by atoms with Crippen molar-refractivity contribution in [3.8, 4) is 5.75 Å². The molecule has 0 bridgehead atoms. The Kier molecular flexibility index (Phi) is 10.3. The molecule has 162 valence electrons. The Morgan fingerprint density at radius 1 is 1.10 bits per heavy atom. The summed E-state index contributed by atoms with van der Waals surface area (Å²) >= 11 is 0. The van der Waals surface area contributed by atoms with Crippen molar-refractivity contribution in [2.75, 3.05) is 26.0 Å². The van der Waals surface area contributed by atoms with Crippen LogP contribution in [0.3, 0.4) is 0 Å². The van der Waals surface area contributed by atoms with Crippen LogP contribution in [0.25, 0.3) is 0 Å². The first kappa shape index (κ1) is 24.6. The van der Waals surface area contributed by atoms with E-state index in [9.17, 15) is 24.3 Å². The molecule has 1 aromatic rings. The number of rotatable bonds is 12. The van der Waals surface area contributed by atoms with Crippen LogP contribution in [0.15, 0.2) is 24.3 Å². The van der Waals surface area contributed by atoms with Crippen molar-refractivity contribution in [2.24, 2.45) is 0 Å². The number of benzene rings is 1. The summed E-state index contributed by atoms with van der Waals surface area (Å²) in [5, 5.41) is 10.6. The SMILES string of the molecule is CCOC(=O)C(CCCOC(=O)Oc1ccc([N+](=O)[O-])cc1)P(=O)(CC)OCC. The fourth-order valence-corrected chi connectivity index (χ4v) is 4.74. The van der Waals surface area contributed by atoms with E-state index in [1.807, 2.05) is 0 Å². The Bertz CT molecular complexity index is 735. The van der Waals surface area contributed by atoms with E-state index >= 15 is 0 Å². The zero-order chi connectivity index (χ0) is 21.9. The molecule has 1 rings (SSSR count). The van der Waals surface area contributed by atoms with Crippen LogP contribution in [-0.4, -0.2) is 48.7 Å². The van der Waals surface area contributed by atoms with E-state index in [1.54, 1.807) is 20.8 Å². The first-order chi connectivity index (χ1) is 13.8. The molecule has 0 amide bonds. The van der Waals surface area contributed by atoms with Crippen molar-refractivity contribution in [1.82, 2.24) is 0 Å². The lowest BCUT2D eigenvalue weighted by atomic mass is 10.2. The third-order valence-electron chi connectivity index (χ3n) is 3.91. The van der Waals surface area contributed by atoms with Crippen molar-refractivity contribution in [3.05, 3.63) is 34.4 Å². The fraction of sp³-hybridized carbons (Fsp3) is 0.556. The number of non-ortho nitro benzene ring substituents is 1. The lowest BCUT2D eigenvalue weighted by Crippen LogP contribution is -2.26. The van der Waals surface area contributed by atoms with E-state index in [0.717, 1.165) is 0 Å². The highest BCUT2D eigenvalue weighted by Crippen LogP contribution is 2.53. The molecule has 10 nitrogen and oxygen atoms in total. The van der Waals surface area contributed by atoms with Gasteiger partial charge < -0.3 is 18.7 Å². The molecule has 2 atom stereocenters. The first-order valence-corrected chi connectivity index (χ1v) is 11.1. The average Bonchev–Trinajstić information content (AvgIpc) is 2.68. The van der Waals surface area contributed by atoms with Gasteiger partial charge in [0, 0.05) is 18.3 Å². The monoisotopic (exact) mass is 431 g/mol.